The van der Waals surface area contributed by atoms with Gasteiger partial charge in [0.25, 0.3) is 5.91 Å². The van der Waals surface area contributed by atoms with Gasteiger partial charge in [0.05, 0.1) is 14.2 Å². The Hall–Kier alpha value is -3.06. The number of benzene rings is 2. The maximum absolute atomic E-state index is 12.5. The minimum absolute atomic E-state index is 0.217. The van der Waals surface area contributed by atoms with Gasteiger partial charge in [-0.2, -0.15) is 0 Å². The van der Waals surface area contributed by atoms with Crippen molar-refractivity contribution in [3.8, 4) is 17.2 Å². The fourth-order valence-electron chi connectivity index (χ4n) is 2.64. The topological polar surface area (TPSA) is 69.7 Å². The Labute approximate surface area is 178 Å². The van der Waals surface area contributed by atoms with Gasteiger partial charge in [-0.3, -0.25) is 9.78 Å². The van der Waals surface area contributed by atoms with Crippen LogP contribution < -0.4 is 19.5 Å². The third kappa shape index (κ3) is 5.48. The average molecular weight is 457 g/mol. The highest BCUT2D eigenvalue weighted by molar-refractivity contribution is 9.10. The van der Waals surface area contributed by atoms with Crippen LogP contribution in [-0.4, -0.2) is 25.1 Å². The van der Waals surface area contributed by atoms with E-state index in [4.69, 9.17) is 14.2 Å². The summed E-state index contributed by atoms with van der Waals surface area (Å²) in [4.78, 5) is 16.6. The molecule has 7 heteroatoms. The second-order valence-electron chi connectivity index (χ2n) is 6.17. The molecule has 0 atom stereocenters. The van der Waals surface area contributed by atoms with Crippen molar-refractivity contribution >= 4 is 21.8 Å². The van der Waals surface area contributed by atoms with E-state index in [2.05, 4.69) is 26.2 Å². The van der Waals surface area contributed by atoms with Crippen molar-refractivity contribution in [1.29, 1.82) is 0 Å². The minimum atomic E-state index is -0.217. The second-order valence-corrected chi connectivity index (χ2v) is 6.96. The lowest BCUT2D eigenvalue weighted by atomic mass is 10.1. The van der Waals surface area contributed by atoms with Crippen LogP contribution in [0.4, 0.5) is 0 Å². The number of nitrogens with one attached hydrogen (secondary N) is 1. The van der Waals surface area contributed by atoms with Crippen molar-refractivity contribution in [3.63, 3.8) is 0 Å². The molecule has 0 unspecified atom stereocenters. The Morgan fingerprint density at radius 2 is 1.72 bits per heavy atom. The van der Waals surface area contributed by atoms with Gasteiger partial charge in [0.1, 0.15) is 28.3 Å². The summed E-state index contributed by atoms with van der Waals surface area (Å²) in [6.45, 7) is 0.847. The number of nitrogens with zero attached hydrogens (tertiary/aromatic N) is 1. The summed E-state index contributed by atoms with van der Waals surface area (Å²) >= 11 is 3.40. The Balaban J connectivity index is 1.58. The Kier molecular flexibility index (Phi) is 7.08. The summed E-state index contributed by atoms with van der Waals surface area (Å²) < 4.78 is 17.0. The molecule has 0 aliphatic heterocycles. The summed E-state index contributed by atoms with van der Waals surface area (Å²) in [5.74, 6) is 1.60. The molecule has 0 spiro atoms. The van der Waals surface area contributed by atoms with Gasteiger partial charge in [0.2, 0.25) is 0 Å². The predicted octanol–water partition coefficient (Wildman–Crippen LogP) is 4.37. The van der Waals surface area contributed by atoms with E-state index in [-0.39, 0.29) is 5.91 Å². The summed E-state index contributed by atoms with van der Waals surface area (Å²) in [7, 11) is 3.08. The van der Waals surface area contributed by atoms with Crippen LogP contribution in [0.1, 0.15) is 21.5 Å². The van der Waals surface area contributed by atoms with Crippen molar-refractivity contribution in [2.45, 2.75) is 13.2 Å². The van der Waals surface area contributed by atoms with Crippen LogP contribution in [0, 0.1) is 0 Å². The molecule has 150 valence electrons. The van der Waals surface area contributed by atoms with Gasteiger partial charge < -0.3 is 19.5 Å². The largest absolute Gasteiger partial charge is 0.495 e. The zero-order valence-electron chi connectivity index (χ0n) is 16.1. The second kappa shape index (κ2) is 9.93. The standard InChI is InChI=1S/C22H21BrN2O4/c1-27-19-10-17(11-20(28-2)21(19)23)22(26)25-13-15-5-7-18(8-6-15)29-14-16-4-3-9-24-12-16/h3-12H,13-14H2,1-2H3,(H,25,26). The van der Waals surface area contributed by atoms with E-state index >= 15 is 0 Å². The van der Waals surface area contributed by atoms with Gasteiger partial charge in [-0.1, -0.05) is 18.2 Å². The normalized spacial score (nSPS) is 10.3. The van der Waals surface area contributed by atoms with Crippen LogP contribution in [0.3, 0.4) is 0 Å². The third-order valence-corrected chi connectivity index (χ3v) is 4.99. The molecule has 1 amide bonds. The molecule has 0 bridgehead atoms. The van der Waals surface area contributed by atoms with Gasteiger partial charge >= 0.3 is 0 Å². The lowest BCUT2D eigenvalue weighted by Crippen LogP contribution is -2.22. The summed E-state index contributed by atoms with van der Waals surface area (Å²) in [5, 5.41) is 2.90. The number of carbonyl (C=O) groups is 1. The van der Waals surface area contributed by atoms with E-state index in [1.807, 2.05) is 36.4 Å². The summed E-state index contributed by atoms with van der Waals surface area (Å²) in [6.07, 6.45) is 3.50. The highest BCUT2D eigenvalue weighted by Crippen LogP contribution is 2.35. The number of halogens is 1. The van der Waals surface area contributed by atoms with E-state index in [1.54, 1.807) is 38.7 Å². The van der Waals surface area contributed by atoms with Gasteiger partial charge in [-0.15, -0.1) is 0 Å². The number of hydrogen-bond donors (Lipinski definition) is 1. The number of carbonyl (C=O) groups excluding carboxylic acids is 1. The smallest absolute Gasteiger partial charge is 0.251 e. The molecule has 0 saturated heterocycles. The van der Waals surface area contributed by atoms with Crippen LogP contribution in [-0.2, 0) is 13.2 Å². The molecule has 6 nitrogen and oxygen atoms in total. The molecule has 2 aromatic carbocycles. The van der Waals surface area contributed by atoms with Gasteiger partial charge in [-0.25, -0.2) is 0 Å². The van der Waals surface area contributed by atoms with Crippen molar-refractivity contribution in [1.82, 2.24) is 10.3 Å². The van der Waals surface area contributed by atoms with Crippen molar-refractivity contribution in [2.24, 2.45) is 0 Å². The van der Waals surface area contributed by atoms with E-state index in [1.165, 1.54) is 0 Å². The number of aromatic nitrogens is 1. The average Bonchev–Trinajstić information content (AvgIpc) is 2.77. The molecule has 0 aliphatic rings. The van der Waals surface area contributed by atoms with Crippen LogP contribution in [0.15, 0.2) is 65.4 Å². The molecular weight excluding hydrogens is 436 g/mol. The lowest BCUT2D eigenvalue weighted by Gasteiger charge is -2.12. The van der Waals surface area contributed by atoms with Gasteiger partial charge in [0.15, 0.2) is 0 Å². The highest BCUT2D eigenvalue weighted by atomic mass is 79.9. The quantitative estimate of drug-likeness (QED) is 0.544. The molecule has 0 radical (unpaired) electrons. The molecule has 0 fully saturated rings. The number of rotatable bonds is 8. The molecule has 3 aromatic rings. The van der Waals surface area contributed by atoms with Crippen molar-refractivity contribution < 1.29 is 19.0 Å². The van der Waals surface area contributed by atoms with E-state index in [9.17, 15) is 4.79 Å². The maximum atomic E-state index is 12.5. The first kappa shape index (κ1) is 20.7. The lowest BCUT2D eigenvalue weighted by molar-refractivity contribution is 0.0950. The molecule has 3 rings (SSSR count). The molecule has 29 heavy (non-hydrogen) atoms. The number of hydrogen-bond acceptors (Lipinski definition) is 5. The molecule has 1 aromatic heterocycles. The first-order valence-corrected chi connectivity index (χ1v) is 9.70. The number of ether oxygens (including phenoxy) is 3. The number of pyridine rings is 1. The third-order valence-electron chi connectivity index (χ3n) is 4.21. The zero-order valence-corrected chi connectivity index (χ0v) is 17.7. The molecule has 0 aliphatic carbocycles. The fraction of sp³-hybridized carbons (Fsp3) is 0.182. The minimum Gasteiger partial charge on any atom is -0.495 e. The van der Waals surface area contributed by atoms with Gasteiger partial charge in [0, 0.05) is 30.1 Å². The van der Waals surface area contributed by atoms with Crippen LogP contribution in [0.2, 0.25) is 0 Å². The van der Waals surface area contributed by atoms with Crippen LogP contribution in [0.25, 0.3) is 0 Å². The maximum Gasteiger partial charge on any atom is 0.251 e. The summed E-state index contributed by atoms with van der Waals surface area (Å²) in [6, 6.07) is 14.8. The zero-order chi connectivity index (χ0) is 20.6. The van der Waals surface area contributed by atoms with Crippen molar-refractivity contribution in [3.05, 3.63) is 82.1 Å². The summed E-state index contributed by atoms with van der Waals surface area (Å²) in [5.41, 5.74) is 2.42. The first-order valence-electron chi connectivity index (χ1n) is 8.91. The highest BCUT2D eigenvalue weighted by Gasteiger charge is 2.14. The fourth-order valence-corrected chi connectivity index (χ4v) is 3.19. The van der Waals surface area contributed by atoms with Crippen molar-refractivity contribution in [2.75, 3.05) is 14.2 Å². The van der Waals surface area contributed by atoms with E-state index in [0.717, 1.165) is 16.9 Å². The van der Waals surface area contributed by atoms with Gasteiger partial charge in [-0.05, 0) is 51.8 Å². The molecule has 1 N–H and O–H groups in total. The monoisotopic (exact) mass is 456 g/mol. The Bertz CT molecular complexity index is 937. The van der Waals surface area contributed by atoms with E-state index < -0.39 is 0 Å². The Morgan fingerprint density at radius 1 is 1.03 bits per heavy atom. The number of methoxy groups -OCH3 is 2. The molecular formula is C22H21BrN2O4. The number of amides is 1. The molecule has 0 saturated carbocycles. The Morgan fingerprint density at radius 3 is 2.31 bits per heavy atom. The van der Waals surface area contributed by atoms with Crippen LogP contribution in [0.5, 0.6) is 17.2 Å². The van der Waals surface area contributed by atoms with E-state index in [0.29, 0.717) is 34.7 Å². The van der Waals surface area contributed by atoms with Crippen LogP contribution >= 0.6 is 15.9 Å². The SMILES string of the molecule is COc1cc(C(=O)NCc2ccc(OCc3cccnc3)cc2)cc(OC)c1Br. The first-order chi connectivity index (χ1) is 14.1. The predicted molar refractivity (Wildman–Crippen MR) is 113 cm³/mol. The molecule has 1 heterocycles.